The van der Waals surface area contributed by atoms with Crippen LogP contribution in [-0.2, 0) is 32.1 Å². The molecule has 1 N–H and O–H groups in total. The molecule has 0 bridgehead atoms. The maximum atomic E-state index is 12.8. The van der Waals surface area contributed by atoms with Gasteiger partial charge in [-0.05, 0) is 18.1 Å². The van der Waals surface area contributed by atoms with Gasteiger partial charge in [-0.3, -0.25) is 9.59 Å². The summed E-state index contributed by atoms with van der Waals surface area (Å²) < 4.78 is 11.2. The van der Waals surface area contributed by atoms with Crippen molar-refractivity contribution >= 4 is 11.7 Å². The Morgan fingerprint density at radius 3 is 2.31 bits per heavy atom. The average molecular weight is 353 g/mol. The molecule has 2 aromatic rings. The summed E-state index contributed by atoms with van der Waals surface area (Å²) in [7, 11) is 0. The Morgan fingerprint density at radius 2 is 1.73 bits per heavy atom. The maximum absolute atomic E-state index is 12.8. The number of carbonyl (C=O) groups excluding carboxylic acids is 2. The van der Waals surface area contributed by atoms with E-state index in [4.69, 9.17) is 9.47 Å². The number of hydrogen-bond acceptors (Lipinski definition) is 4. The van der Waals surface area contributed by atoms with E-state index in [1.165, 1.54) is 0 Å². The topological polar surface area (TPSA) is 64.6 Å². The number of nitrogens with one attached hydrogen (secondary N) is 1. The number of amides is 1. The molecule has 3 atom stereocenters. The fraction of sp³-hybridized carbons (Fsp3) is 0.333. The lowest BCUT2D eigenvalue weighted by atomic mass is 10.1. The second-order valence-corrected chi connectivity index (χ2v) is 6.44. The van der Waals surface area contributed by atoms with Gasteiger partial charge in [-0.2, -0.15) is 0 Å². The molecule has 1 fully saturated rings. The molecule has 1 amide bonds. The van der Waals surface area contributed by atoms with Crippen LogP contribution in [-0.4, -0.2) is 36.5 Å². The van der Waals surface area contributed by atoms with Gasteiger partial charge in [0.2, 0.25) is 5.91 Å². The van der Waals surface area contributed by atoms with Crippen LogP contribution in [0.2, 0.25) is 0 Å². The Morgan fingerprint density at radius 1 is 1.12 bits per heavy atom. The summed E-state index contributed by atoms with van der Waals surface area (Å²) in [5, 5.41) is 2.80. The molecule has 2 aromatic carbocycles. The minimum Gasteiger partial charge on any atom is -0.368 e. The quantitative estimate of drug-likeness (QED) is 0.829. The number of hydrogen-bond donors (Lipinski definition) is 1. The summed E-state index contributed by atoms with van der Waals surface area (Å²) in [4.78, 5) is 24.7. The monoisotopic (exact) mass is 353 g/mol. The first-order valence-electron chi connectivity index (χ1n) is 8.77. The van der Waals surface area contributed by atoms with Crippen LogP contribution in [0.15, 0.2) is 60.7 Å². The first-order chi connectivity index (χ1) is 12.6. The zero-order valence-electron chi connectivity index (χ0n) is 14.8. The predicted molar refractivity (Wildman–Crippen MR) is 97.5 cm³/mol. The molecular weight excluding hydrogens is 330 g/mol. The lowest BCUT2D eigenvalue weighted by Gasteiger charge is -2.21. The fourth-order valence-electron chi connectivity index (χ4n) is 2.93. The molecule has 136 valence electrons. The van der Waals surface area contributed by atoms with Crippen molar-refractivity contribution in [3.63, 3.8) is 0 Å². The average Bonchev–Trinajstić information content (AvgIpc) is 2.98. The summed E-state index contributed by atoms with van der Waals surface area (Å²) in [6.45, 7) is 2.16. The van der Waals surface area contributed by atoms with Crippen LogP contribution in [0.3, 0.4) is 0 Å². The third-order valence-electron chi connectivity index (χ3n) is 4.45. The Bertz CT molecular complexity index is 732. The summed E-state index contributed by atoms with van der Waals surface area (Å²) >= 11 is 0. The molecule has 3 rings (SSSR count). The molecular formula is C21H23NO4. The van der Waals surface area contributed by atoms with Crippen molar-refractivity contribution in [2.75, 3.05) is 6.61 Å². The molecule has 1 aliphatic heterocycles. The maximum Gasteiger partial charge on any atom is 0.250 e. The Hall–Kier alpha value is -2.50. The number of ether oxygens (including phenoxy) is 2. The number of rotatable bonds is 7. The SMILES string of the molecule is CC1OCC(=O)[C@H]1NC(=O)[C@H](Cc1ccccc1)OCc1ccccc1. The summed E-state index contributed by atoms with van der Waals surface area (Å²) in [6, 6.07) is 18.8. The molecule has 5 nitrogen and oxygen atoms in total. The van der Waals surface area contributed by atoms with Gasteiger partial charge in [-0.25, -0.2) is 0 Å². The number of ketones is 1. The van der Waals surface area contributed by atoms with E-state index in [2.05, 4.69) is 5.32 Å². The van der Waals surface area contributed by atoms with Crippen molar-refractivity contribution in [2.24, 2.45) is 0 Å². The van der Waals surface area contributed by atoms with Crippen LogP contribution in [0.4, 0.5) is 0 Å². The molecule has 1 heterocycles. The Balaban J connectivity index is 1.68. The highest BCUT2D eigenvalue weighted by Gasteiger charge is 2.35. The van der Waals surface area contributed by atoms with Gasteiger partial charge in [0.25, 0.3) is 0 Å². The van der Waals surface area contributed by atoms with Gasteiger partial charge >= 0.3 is 0 Å². The molecule has 1 aliphatic rings. The van der Waals surface area contributed by atoms with Gasteiger partial charge in [0.1, 0.15) is 18.8 Å². The van der Waals surface area contributed by atoms with Gasteiger partial charge in [-0.1, -0.05) is 60.7 Å². The van der Waals surface area contributed by atoms with Gasteiger partial charge in [0, 0.05) is 6.42 Å². The van der Waals surface area contributed by atoms with Crippen molar-refractivity contribution in [1.29, 1.82) is 0 Å². The highest BCUT2D eigenvalue weighted by atomic mass is 16.5. The van der Waals surface area contributed by atoms with Crippen LogP contribution >= 0.6 is 0 Å². The minimum absolute atomic E-state index is 0.0420. The summed E-state index contributed by atoms with van der Waals surface area (Å²) in [6.07, 6.45) is -0.563. The Kier molecular flexibility index (Phi) is 6.15. The van der Waals surface area contributed by atoms with Gasteiger partial charge in [0.05, 0.1) is 12.7 Å². The van der Waals surface area contributed by atoms with Gasteiger partial charge in [0.15, 0.2) is 5.78 Å². The number of Topliss-reactive ketones (excluding diaryl/α,β-unsaturated/α-hetero) is 1. The van der Waals surface area contributed by atoms with Crippen molar-refractivity contribution in [1.82, 2.24) is 5.32 Å². The highest BCUT2D eigenvalue weighted by Crippen LogP contribution is 2.13. The molecule has 0 aliphatic carbocycles. The highest BCUT2D eigenvalue weighted by molar-refractivity contribution is 5.93. The smallest absolute Gasteiger partial charge is 0.250 e. The summed E-state index contributed by atoms with van der Waals surface area (Å²) in [5.74, 6) is -0.396. The number of benzene rings is 2. The normalized spacial score (nSPS) is 20.7. The second-order valence-electron chi connectivity index (χ2n) is 6.44. The van der Waals surface area contributed by atoms with Crippen molar-refractivity contribution in [3.05, 3.63) is 71.8 Å². The van der Waals surface area contributed by atoms with Crippen molar-refractivity contribution in [2.45, 2.75) is 38.2 Å². The minimum atomic E-state index is -0.682. The van der Waals surface area contributed by atoms with E-state index in [1.807, 2.05) is 60.7 Å². The van der Waals surface area contributed by atoms with E-state index in [1.54, 1.807) is 6.92 Å². The third-order valence-corrected chi connectivity index (χ3v) is 4.45. The van der Waals surface area contributed by atoms with E-state index in [0.717, 1.165) is 11.1 Å². The van der Waals surface area contributed by atoms with Gasteiger partial charge in [-0.15, -0.1) is 0 Å². The standard InChI is InChI=1S/C21H23NO4/c1-15-20(18(23)14-25-15)22-21(24)19(12-16-8-4-2-5-9-16)26-13-17-10-6-3-7-11-17/h2-11,15,19-20H,12-14H2,1H3,(H,22,24)/t15?,19-,20-/m0/s1. The molecule has 26 heavy (non-hydrogen) atoms. The zero-order chi connectivity index (χ0) is 18.4. The van der Waals surface area contributed by atoms with E-state index in [-0.39, 0.29) is 24.4 Å². The molecule has 0 aromatic heterocycles. The van der Waals surface area contributed by atoms with Crippen LogP contribution in [0.5, 0.6) is 0 Å². The zero-order valence-corrected chi connectivity index (χ0v) is 14.8. The van der Waals surface area contributed by atoms with Crippen molar-refractivity contribution < 1.29 is 19.1 Å². The van der Waals surface area contributed by atoms with E-state index in [0.29, 0.717) is 13.0 Å². The molecule has 0 saturated carbocycles. The largest absolute Gasteiger partial charge is 0.368 e. The van der Waals surface area contributed by atoms with Crippen LogP contribution in [0.1, 0.15) is 18.1 Å². The lowest BCUT2D eigenvalue weighted by molar-refractivity contribution is -0.136. The van der Waals surface area contributed by atoms with E-state index < -0.39 is 12.1 Å². The molecule has 1 unspecified atom stereocenters. The summed E-state index contributed by atoms with van der Waals surface area (Å²) in [5.41, 5.74) is 2.00. The molecule has 0 radical (unpaired) electrons. The Labute approximate surface area is 153 Å². The van der Waals surface area contributed by atoms with Crippen LogP contribution < -0.4 is 5.32 Å². The van der Waals surface area contributed by atoms with E-state index in [9.17, 15) is 9.59 Å². The second kappa shape index (κ2) is 8.74. The molecule has 0 spiro atoms. The fourth-order valence-corrected chi connectivity index (χ4v) is 2.93. The van der Waals surface area contributed by atoms with Gasteiger partial charge < -0.3 is 14.8 Å². The first kappa shape index (κ1) is 18.3. The van der Waals surface area contributed by atoms with Crippen molar-refractivity contribution in [3.8, 4) is 0 Å². The van der Waals surface area contributed by atoms with Crippen LogP contribution in [0.25, 0.3) is 0 Å². The first-order valence-corrected chi connectivity index (χ1v) is 8.77. The molecule has 1 saturated heterocycles. The molecule has 5 heteroatoms. The number of carbonyl (C=O) groups is 2. The predicted octanol–water partition coefficient (Wildman–Crippen LogP) is 2.29. The van der Waals surface area contributed by atoms with Crippen LogP contribution in [0, 0.1) is 0 Å². The lowest BCUT2D eigenvalue weighted by Crippen LogP contribution is -2.49. The third kappa shape index (κ3) is 4.77. The van der Waals surface area contributed by atoms with E-state index >= 15 is 0 Å².